The van der Waals surface area contributed by atoms with Crippen LogP contribution in [-0.2, 0) is 14.8 Å². The predicted octanol–water partition coefficient (Wildman–Crippen LogP) is 3.57. The van der Waals surface area contributed by atoms with Gasteiger partial charge in [0.05, 0.1) is 5.03 Å². The number of pyridine rings is 1. The van der Waals surface area contributed by atoms with Crippen molar-refractivity contribution in [2.75, 3.05) is 26.2 Å². The fourth-order valence-corrected chi connectivity index (χ4v) is 5.86. The largest absolute Gasteiger partial charge is 0.341 e. The summed E-state index contributed by atoms with van der Waals surface area (Å²) >= 11 is 1.37. The smallest absolute Gasteiger partial charge is 0.244 e. The van der Waals surface area contributed by atoms with Gasteiger partial charge in [-0.05, 0) is 30.5 Å². The van der Waals surface area contributed by atoms with E-state index in [1.807, 2.05) is 49.1 Å². The Labute approximate surface area is 177 Å². The summed E-state index contributed by atoms with van der Waals surface area (Å²) in [5.74, 6) is 0.0836. The topological polar surface area (TPSA) is 70.6 Å². The van der Waals surface area contributed by atoms with Crippen LogP contribution in [0.3, 0.4) is 0 Å². The highest BCUT2D eigenvalue weighted by atomic mass is 32.2. The van der Waals surface area contributed by atoms with E-state index >= 15 is 0 Å². The lowest BCUT2D eigenvalue weighted by Crippen LogP contribution is -2.31. The molecule has 6 nitrogen and oxygen atoms in total. The second-order valence-corrected chi connectivity index (χ2v) is 9.93. The number of sulfonamides is 1. The van der Waals surface area contributed by atoms with Crippen molar-refractivity contribution >= 4 is 27.7 Å². The van der Waals surface area contributed by atoms with Gasteiger partial charge in [-0.1, -0.05) is 55.9 Å². The Morgan fingerprint density at radius 2 is 1.76 bits per heavy atom. The third kappa shape index (κ3) is 4.99. The Hall–Kier alpha value is -1.90. The van der Waals surface area contributed by atoms with E-state index in [0.29, 0.717) is 18.1 Å². The summed E-state index contributed by atoms with van der Waals surface area (Å²) in [4.78, 5) is 19.6. The number of hydrogen-bond acceptors (Lipinski definition) is 5. The standard InChI is InChI=1S/C21H27N3O3S2/c1-3-24(4-2)29(26,27)18-12-13-19(22-16-18)28-20(17-10-6-5-7-11-17)21(25)23-14-8-9-15-23/h5-7,10-13,16,20H,3-4,8-9,14-15H2,1-2H3. The molecule has 1 aliphatic rings. The first kappa shape index (κ1) is 21.8. The molecule has 1 saturated heterocycles. The predicted molar refractivity (Wildman–Crippen MR) is 115 cm³/mol. The summed E-state index contributed by atoms with van der Waals surface area (Å²) in [5, 5.41) is 0.233. The Morgan fingerprint density at radius 1 is 1.10 bits per heavy atom. The van der Waals surface area contributed by atoms with Crippen LogP contribution >= 0.6 is 11.8 Å². The minimum atomic E-state index is -3.54. The monoisotopic (exact) mass is 433 g/mol. The van der Waals surface area contributed by atoms with Gasteiger partial charge in [0.2, 0.25) is 15.9 Å². The number of hydrogen-bond donors (Lipinski definition) is 0. The summed E-state index contributed by atoms with van der Waals surface area (Å²) in [7, 11) is -3.54. The number of aromatic nitrogens is 1. The number of rotatable bonds is 8. The molecule has 1 fully saturated rings. The van der Waals surface area contributed by atoms with E-state index in [9.17, 15) is 13.2 Å². The van der Waals surface area contributed by atoms with Gasteiger partial charge >= 0.3 is 0 Å². The molecular formula is C21H27N3O3S2. The third-order valence-corrected chi connectivity index (χ3v) is 8.26. The maximum Gasteiger partial charge on any atom is 0.244 e. The van der Waals surface area contributed by atoms with E-state index in [1.54, 1.807) is 12.1 Å². The molecule has 8 heteroatoms. The number of carbonyl (C=O) groups is 1. The molecule has 3 rings (SSSR count). The van der Waals surface area contributed by atoms with Gasteiger partial charge in [-0.2, -0.15) is 4.31 Å². The number of likely N-dealkylation sites (tertiary alicyclic amines) is 1. The number of carbonyl (C=O) groups excluding carboxylic acids is 1. The van der Waals surface area contributed by atoms with Crippen molar-refractivity contribution in [2.24, 2.45) is 0 Å². The second-order valence-electron chi connectivity index (χ2n) is 6.86. The molecule has 1 aromatic heterocycles. The molecule has 1 amide bonds. The van der Waals surface area contributed by atoms with Gasteiger partial charge < -0.3 is 4.90 Å². The average molecular weight is 434 g/mol. The van der Waals surface area contributed by atoms with Crippen LogP contribution in [0.2, 0.25) is 0 Å². The zero-order valence-electron chi connectivity index (χ0n) is 16.8. The molecule has 0 N–H and O–H groups in total. The van der Waals surface area contributed by atoms with Crippen molar-refractivity contribution in [3.63, 3.8) is 0 Å². The quantitative estimate of drug-likeness (QED) is 0.595. The minimum absolute atomic E-state index is 0.0836. The first-order valence-electron chi connectivity index (χ1n) is 9.94. The molecule has 29 heavy (non-hydrogen) atoms. The molecule has 0 saturated carbocycles. The molecular weight excluding hydrogens is 406 g/mol. The van der Waals surface area contributed by atoms with Crippen LogP contribution in [0, 0.1) is 0 Å². The van der Waals surface area contributed by atoms with Crippen LogP contribution in [-0.4, -0.2) is 54.7 Å². The van der Waals surface area contributed by atoms with Crippen molar-refractivity contribution in [3.8, 4) is 0 Å². The van der Waals surface area contributed by atoms with Crippen LogP contribution in [0.1, 0.15) is 37.5 Å². The third-order valence-electron chi connectivity index (χ3n) is 5.04. The molecule has 0 radical (unpaired) electrons. The Balaban J connectivity index is 1.83. The molecule has 1 aliphatic heterocycles. The lowest BCUT2D eigenvalue weighted by atomic mass is 10.1. The SMILES string of the molecule is CCN(CC)S(=O)(=O)c1ccc(SC(C(=O)N2CCCC2)c2ccccc2)nc1. The first-order valence-corrected chi connectivity index (χ1v) is 12.3. The molecule has 156 valence electrons. The minimum Gasteiger partial charge on any atom is -0.341 e. The molecule has 0 spiro atoms. The lowest BCUT2D eigenvalue weighted by Gasteiger charge is -2.23. The molecule has 1 atom stereocenters. The maximum atomic E-state index is 13.1. The van der Waals surface area contributed by atoms with E-state index in [1.165, 1.54) is 22.3 Å². The van der Waals surface area contributed by atoms with Gasteiger partial charge in [0.15, 0.2) is 0 Å². The molecule has 1 unspecified atom stereocenters. The van der Waals surface area contributed by atoms with Crippen molar-refractivity contribution in [2.45, 2.75) is 41.9 Å². The van der Waals surface area contributed by atoms with Crippen molar-refractivity contribution in [1.29, 1.82) is 0 Å². The fraction of sp³-hybridized carbons (Fsp3) is 0.429. The van der Waals surface area contributed by atoms with Crippen molar-refractivity contribution in [3.05, 3.63) is 54.2 Å². The van der Waals surface area contributed by atoms with E-state index in [-0.39, 0.29) is 10.8 Å². The Bertz CT molecular complexity index is 908. The van der Waals surface area contributed by atoms with Gasteiger partial charge in [-0.15, -0.1) is 0 Å². The second kappa shape index (κ2) is 9.73. The maximum absolute atomic E-state index is 13.1. The zero-order valence-corrected chi connectivity index (χ0v) is 18.5. The van der Waals surface area contributed by atoms with Crippen LogP contribution in [0.5, 0.6) is 0 Å². The Kier molecular flexibility index (Phi) is 7.32. The number of amides is 1. The lowest BCUT2D eigenvalue weighted by molar-refractivity contribution is -0.129. The van der Waals surface area contributed by atoms with Crippen molar-refractivity contribution in [1.82, 2.24) is 14.2 Å². The summed E-state index contributed by atoms with van der Waals surface area (Å²) in [5.41, 5.74) is 0.927. The number of benzene rings is 1. The number of nitrogens with zero attached hydrogens (tertiary/aromatic N) is 3. The summed E-state index contributed by atoms with van der Waals surface area (Å²) < 4.78 is 26.7. The van der Waals surface area contributed by atoms with Crippen LogP contribution in [0.15, 0.2) is 58.6 Å². The number of thioether (sulfide) groups is 1. The van der Waals surface area contributed by atoms with Crippen LogP contribution in [0.4, 0.5) is 0 Å². The molecule has 2 aromatic rings. The van der Waals surface area contributed by atoms with Crippen LogP contribution < -0.4 is 0 Å². The van der Waals surface area contributed by atoms with E-state index < -0.39 is 15.3 Å². The average Bonchev–Trinajstić information content (AvgIpc) is 3.28. The highest BCUT2D eigenvalue weighted by Gasteiger charge is 2.29. The van der Waals surface area contributed by atoms with Gasteiger partial charge in [0.25, 0.3) is 0 Å². The molecule has 1 aromatic carbocycles. The summed E-state index contributed by atoms with van der Waals surface area (Å²) in [6.45, 7) is 6.03. The highest BCUT2D eigenvalue weighted by molar-refractivity contribution is 8.00. The summed E-state index contributed by atoms with van der Waals surface area (Å²) in [6, 6.07) is 12.9. The van der Waals surface area contributed by atoms with Gasteiger partial charge in [0, 0.05) is 32.4 Å². The van der Waals surface area contributed by atoms with E-state index in [0.717, 1.165) is 31.5 Å². The molecule has 0 bridgehead atoms. The van der Waals surface area contributed by atoms with Gasteiger partial charge in [-0.25, -0.2) is 13.4 Å². The van der Waals surface area contributed by atoms with Crippen LogP contribution in [0.25, 0.3) is 0 Å². The van der Waals surface area contributed by atoms with Crippen molar-refractivity contribution < 1.29 is 13.2 Å². The first-order chi connectivity index (χ1) is 14.0. The zero-order chi connectivity index (χ0) is 20.9. The Morgan fingerprint density at radius 3 is 2.31 bits per heavy atom. The molecule has 2 heterocycles. The normalized spacial score (nSPS) is 15.6. The van der Waals surface area contributed by atoms with Gasteiger partial charge in [-0.3, -0.25) is 4.79 Å². The highest BCUT2D eigenvalue weighted by Crippen LogP contribution is 2.36. The van der Waals surface area contributed by atoms with E-state index in [2.05, 4.69) is 4.98 Å². The summed E-state index contributed by atoms with van der Waals surface area (Å²) in [6.07, 6.45) is 3.46. The van der Waals surface area contributed by atoms with E-state index in [4.69, 9.17) is 0 Å². The van der Waals surface area contributed by atoms with Gasteiger partial charge in [0.1, 0.15) is 10.1 Å². The molecule has 0 aliphatic carbocycles. The fourth-order valence-electron chi connectivity index (χ4n) is 3.41.